The van der Waals surface area contributed by atoms with Crippen LogP contribution in [0.4, 0.5) is 11.4 Å². The highest BCUT2D eigenvalue weighted by atomic mass is 16.6. The summed E-state index contributed by atoms with van der Waals surface area (Å²) in [5, 5.41) is 22.7. The second-order valence-electron chi connectivity index (χ2n) is 6.03. The molecule has 0 unspecified atom stereocenters. The van der Waals surface area contributed by atoms with E-state index in [2.05, 4.69) is 5.32 Å². The maximum Gasteiger partial charge on any atom is 0.307 e. The Hall–Kier alpha value is -4.14. The van der Waals surface area contributed by atoms with Crippen molar-refractivity contribution in [3.63, 3.8) is 0 Å². The number of nitrogens with one attached hydrogen (secondary N) is 1. The van der Waals surface area contributed by atoms with Crippen molar-refractivity contribution in [1.29, 1.82) is 0 Å². The molecule has 29 heavy (non-hydrogen) atoms. The van der Waals surface area contributed by atoms with Gasteiger partial charge >= 0.3 is 5.97 Å². The minimum atomic E-state index is -0.947. The summed E-state index contributed by atoms with van der Waals surface area (Å²) >= 11 is 0. The molecule has 9 heteroatoms. The Kier molecular flexibility index (Phi) is 5.59. The van der Waals surface area contributed by atoms with Crippen LogP contribution in [0, 0.1) is 10.1 Å². The number of hydrogen-bond acceptors (Lipinski definition) is 6. The molecule has 148 valence electrons. The Morgan fingerprint density at radius 2 is 1.86 bits per heavy atom. The molecule has 0 atom stereocenters. The summed E-state index contributed by atoms with van der Waals surface area (Å²) in [7, 11) is 1.41. The number of carbonyl (C=O) groups is 2. The minimum absolute atomic E-state index is 0.0280. The number of carboxylic acids is 1. The molecule has 0 spiro atoms. The Labute approximate surface area is 164 Å². The lowest BCUT2D eigenvalue weighted by Gasteiger charge is -2.05. The van der Waals surface area contributed by atoms with Gasteiger partial charge in [-0.2, -0.15) is 0 Å². The number of furan rings is 1. The number of amides is 1. The summed E-state index contributed by atoms with van der Waals surface area (Å²) in [4.78, 5) is 33.9. The summed E-state index contributed by atoms with van der Waals surface area (Å²) in [6.45, 7) is 0. The highest BCUT2D eigenvalue weighted by molar-refractivity contribution is 6.02. The molecule has 0 saturated heterocycles. The first kappa shape index (κ1) is 19.6. The topological polar surface area (TPSA) is 132 Å². The Morgan fingerprint density at radius 1 is 1.14 bits per heavy atom. The lowest BCUT2D eigenvalue weighted by Crippen LogP contribution is -2.11. The number of carboxylic acid groups (broad SMARTS) is 1. The molecule has 0 saturated carbocycles. The molecular formula is C20H16N2O7. The molecule has 2 aromatic carbocycles. The van der Waals surface area contributed by atoms with Gasteiger partial charge in [-0.3, -0.25) is 19.7 Å². The van der Waals surface area contributed by atoms with Crippen molar-refractivity contribution in [1.82, 2.24) is 0 Å². The average molecular weight is 396 g/mol. The van der Waals surface area contributed by atoms with Gasteiger partial charge in [0, 0.05) is 5.69 Å². The number of anilines is 1. The number of nitrogens with zero attached hydrogens (tertiary/aromatic N) is 1. The van der Waals surface area contributed by atoms with Crippen LogP contribution in [0.2, 0.25) is 0 Å². The largest absolute Gasteiger partial charge is 0.497 e. The maximum absolute atomic E-state index is 12.4. The van der Waals surface area contributed by atoms with Crippen LogP contribution in [0.3, 0.4) is 0 Å². The number of methoxy groups -OCH3 is 1. The van der Waals surface area contributed by atoms with E-state index < -0.39 is 16.8 Å². The van der Waals surface area contributed by atoms with Gasteiger partial charge in [0.2, 0.25) is 0 Å². The van der Waals surface area contributed by atoms with Crippen LogP contribution in [0.25, 0.3) is 11.3 Å². The number of hydrogen-bond donors (Lipinski definition) is 2. The molecular weight excluding hydrogens is 380 g/mol. The van der Waals surface area contributed by atoms with Gasteiger partial charge in [0.05, 0.1) is 30.1 Å². The third-order valence-electron chi connectivity index (χ3n) is 4.06. The summed E-state index contributed by atoms with van der Waals surface area (Å²) in [5.74, 6) is -1.02. The predicted molar refractivity (Wildman–Crippen MR) is 103 cm³/mol. The molecule has 0 fully saturated rings. The van der Waals surface area contributed by atoms with Crippen molar-refractivity contribution < 1.29 is 28.8 Å². The fraction of sp³-hybridized carbons (Fsp3) is 0.100. The number of ether oxygens (including phenoxy) is 1. The summed E-state index contributed by atoms with van der Waals surface area (Å²) in [6, 6.07) is 13.5. The number of benzene rings is 2. The monoisotopic (exact) mass is 396 g/mol. The predicted octanol–water partition coefficient (Wildman–Crippen LogP) is 3.74. The van der Waals surface area contributed by atoms with E-state index in [4.69, 9.17) is 14.3 Å². The lowest BCUT2D eigenvalue weighted by molar-refractivity contribution is -0.384. The van der Waals surface area contributed by atoms with Gasteiger partial charge in [0.25, 0.3) is 11.6 Å². The van der Waals surface area contributed by atoms with E-state index in [1.54, 1.807) is 30.3 Å². The number of nitro groups is 1. The van der Waals surface area contributed by atoms with E-state index in [-0.39, 0.29) is 29.2 Å². The third-order valence-corrected chi connectivity index (χ3v) is 4.06. The van der Waals surface area contributed by atoms with Crippen LogP contribution in [0.1, 0.15) is 16.1 Å². The molecule has 3 rings (SSSR count). The molecule has 9 nitrogen and oxygen atoms in total. The molecule has 1 amide bonds. The molecule has 1 heterocycles. The van der Waals surface area contributed by atoms with Crippen molar-refractivity contribution in [3.05, 3.63) is 76.0 Å². The number of rotatable bonds is 7. The smallest absolute Gasteiger partial charge is 0.307 e. The van der Waals surface area contributed by atoms with Crippen LogP contribution in [-0.4, -0.2) is 29.0 Å². The number of carbonyl (C=O) groups excluding carboxylic acids is 1. The number of nitro benzene ring substituents is 1. The van der Waals surface area contributed by atoms with E-state index in [0.29, 0.717) is 17.0 Å². The van der Waals surface area contributed by atoms with Crippen molar-refractivity contribution in [2.24, 2.45) is 0 Å². The molecule has 0 aliphatic heterocycles. The first-order valence-corrected chi connectivity index (χ1v) is 8.42. The molecule has 2 N–H and O–H groups in total. The highest BCUT2D eigenvalue weighted by Crippen LogP contribution is 2.34. The molecule has 0 aliphatic carbocycles. The molecule has 0 bridgehead atoms. The summed E-state index contributed by atoms with van der Waals surface area (Å²) in [6.07, 6.45) is -0.115. The summed E-state index contributed by atoms with van der Waals surface area (Å²) in [5.41, 5.74) is 1.06. The van der Waals surface area contributed by atoms with E-state index >= 15 is 0 Å². The minimum Gasteiger partial charge on any atom is -0.497 e. The Balaban J connectivity index is 1.78. The van der Waals surface area contributed by atoms with Gasteiger partial charge in [-0.15, -0.1) is 0 Å². The molecule has 3 aromatic rings. The lowest BCUT2D eigenvalue weighted by atomic mass is 10.1. The van der Waals surface area contributed by atoms with Gasteiger partial charge in [0.1, 0.15) is 11.5 Å². The van der Waals surface area contributed by atoms with Crippen LogP contribution >= 0.6 is 0 Å². The second-order valence-corrected chi connectivity index (χ2v) is 6.03. The van der Waals surface area contributed by atoms with Gasteiger partial charge in [0.15, 0.2) is 5.76 Å². The van der Waals surface area contributed by atoms with E-state index in [1.165, 1.54) is 31.4 Å². The van der Waals surface area contributed by atoms with E-state index in [9.17, 15) is 19.7 Å². The fourth-order valence-electron chi connectivity index (χ4n) is 2.68. The Bertz CT molecular complexity index is 1070. The maximum atomic E-state index is 12.4. The van der Waals surface area contributed by atoms with Gasteiger partial charge < -0.3 is 19.6 Å². The highest BCUT2D eigenvalue weighted by Gasteiger charge is 2.21. The van der Waals surface area contributed by atoms with Crippen molar-refractivity contribution >= 4 is 23.3 Å². The summed E-state index contributed by atoms with van der Waals surface area (Å²) < 4.78 is 10.5. The third kappa shape index (κ3) is 4.59. The SMILES string of the molecule is COc1ccc(-c2ccc(C(=O)Nc3ccc(CC(=O)O)cc3)o2)c([N+](=O)[O-])c1. The number of aliphatic carboxylic acids is 1. The first-order valence-electron chi connectivity index (χ1n) is 8.42. The van der Waals surface area contributed by atoms with Crippen LogP contribution in [-0.2, 0) is 11.2 Å². The van der Waals surface area contributed by atoms with Gasteiger partial charge in [-0.25, -0.2) is 0 Å². The fourth-order valence-corrected chi connectivity index (χ4v) is 2.68. The van der Waals surface area contributed by atoms with Crippen LogP contribution in [0.15, 0.2) is 59.0 Å². The quantitative estimate of drug-likeness (QED) is 0.459. The van der Waals surface area contributed by atoms with Crippen molar-refractivity contribution in [2.75, 3.05) is 12.4 Å². The normalized spacial score (nSPS) is 10.4. The standard InChI is InChI=1S/C20H16N2O7/c1-28-14-6-7-15(16(11-14)22(26)27)17-8-9-18(29-17)20(25)21-13-4-2-12(3-5-13)10-19(23)24/h2-9,11H,10H2,1H3,(H,21,25)(H,23,24). The second kappa shape index (κ2) is 8.26. The van der Waals surface area contributed by atoms with E-state index in [0.717, 1.165) is 0 Å². The Morgan fingerprint density at radius 3 is 2.48 bits per heavy atom. The van der Waals surface area contributed by atoms with Crippen molar-refractivity contribution in [3.8, 4) is 17.1 Å². The van der Waals surface area contributed by atoms with Crippen LogP contribution in [0.5, 0.6) is 5.75 Å². The van der Waals surface area contributed by atoms with Crippen LogP contribution < -0.4 is 10.1 Å². The average Bonchev–Trinajstić information content (AvgIpc) is 3.18. The van der Waals surface area contributed by atoms with Gasteiger partial charge in [-0.1, -0.05) is 12.1 Å². The van der Waals surface area contributed by atoms with Gasteiger partial charge in [-0.05, 0) is 42.0 Å². The molecule has 0 aliphatic rings. The molecule has 1 aromatic heterocycles. The zero-order valence-electron chi connectivity index (χ0n) is 15.2. The zero-order valence-corrected chi connectivity index (χ0v) is 15.2. The zero-order chi connectivity index (χ0) is 21.0. The molecule has 0 radical (unpaired) electrons. The first-order chi connectivity index (χ1) is 13.9. The van der Waals surface area contributed by atoms with Crippen molar-refractivity contribution in [2.45, 2.75) is 6.42 Å². The van der Waals surface area contributed by atoms with E-state index in [1.807, 2.05) is 0 Å².